The standard InChI is InChI=1S/C26H29N3O5/c1-5-34-26(31)20-16-27-24-22(33-4)11-10-21(32-3)23(24)25(20)29-14-12-28(13-15-29)19-8-6-18(7-9-19)17(2)30/h6-11,16H,5,12-15H2,1-4H3. The summed E-state index contributed by atoms with van der Waals surface area (Å²) in [6.07, 6.45) is 1.56. The SMILES string of the molecule is CCOC(=O)c1cnc2c(OC)ccc(OC)c2c1N1CCN(c2ccc(C(C)=O)cc2)CC1. The number of Topliss-reactive ketones (excluding diaryl/α,β-unsaturated/α-hetero) is 1. The van der Waals surface area contributed by atoms with E-state index in [-0.39, 0.29) is 12.4 Å². The molecule has 0 atom stereocenters. The summed E-state index contributed by atoms with van der Waals surface area (Å²) < 4.78 is 16.5. The van der Waals surface area contributed by atoms with Crippen molar-refractivity contribution in [1.29, 1.82) is 0 Å². The van der Waals surface area contributed by atoms with Crippen LogP contribution < -0.4 is 19.3 Å². The number of methoxy groups -OCH3 is 2. The summed E-state index contributed by atoms with van der Waals surface area (Å²) in [5, 5.41) is 0.728. The molecule has 1 aliphatic rings. The Morgan fingerprint density at radius 2 is 1.53 bits per heavy atom. The van der Waals surface area contributed by atoms with E-state index in [1.165, 1.54) is 0 Å². The molecule has 0 bridgehead atoms. The minimum atomic E-state index is -0.418. The Morgan fingerprint density at radius 1 is 0.912 bits per heavy atom. The Kier molecular flexibility index (Phi) is 6.86. The third-order valence-electron chi connectivity index (χ3n) is 6.09. The van der Waals surface area contributed by atoms with Gasteiger partial charge >= 0.3 is 5.97 Å². The molecule has 0 radical (unpaired) electrons. The maximum atomic E-state index is 12.9. The van der Waals surface area contributed by atoms with Gasteiger partial charge in [-0.1, -0.05) is 0 Å². The molecule has 0 amide bonds. The van der Waals surface area contributed by atoms with E-state index in [2.05, 4.69) is 14.8 Å². The number of piperazine rings is 1. The van der Waals surface area contributed by atoms with Crippen molar-refractivity contribution < 1.29 is 23.8 Å². The van der Waals surface area contributed by atoms with Gasteiger partial charge in [0.15, 0.2) is 5.78 Å². The van der Waals surface area contributed by atoms with Crippen LogP contribution in [0.25, 0.3) is 10.9 Å². The summed E-state index contributed by atoms with van der Waals surface area (Å²) in [6.45, 7) is 6.48. The smallest absolute Gasteiger partial charge is 0.341 e. The lowest BCUT2D eigenvalue weighted by molar-refractivity contribution is 0.0526. The number of fused-ring (bicyclic) bond motifs is 1. The van der Waals surface area contributed by atoms with Crippen LogP contribution in [0.1, 0.15) is 34.6 Å². The first-order chi connectivity index (χ1) is 16.5. The van der Waals surface area contributed by atoms with Gasteiger partial charge in [-0.05, 0) is 50.2 Å². The molecule has 3 aromatic rings. The number of nitrogens with zero attached hydrogens (tertiary/aromatic N) is 3. The van der Waals surface area contributed by atoms with Crippen molar-refractivity contribution in [3.63, 3.8) is 0 Å². The zero-order valence-electron chi connectivity index (χ0n) is 20.0. The second kappa shape index (κ2) is 9.99. The Balaban J connectivity index is 1.72. The van der Waals surface area contributed by atoms with Crippen LogP contribution in [-0.2, 0) is 4.74 Å². The fourth-order valence-electron chi connectivity index (χ4n) is 4.35. The van der Waals surface area contributed by atoms with E-state index < -0.39 is 5.97 Å². The number of ketones is 1. The number of esters is 1. The predicted molar refractivity (Wildman–Crippen MR) is 132 cm³/mol. The van der Waals surface area contributed by atoms with Crippen LogP contribution in [0.4, 0.5) is 11.4 Å². The minimum absolute atomic E-state index is 0.0526. The lowest BCUT2D eigenvalue weighted by atomic mass is 10.0. The molecule has 1 fully saturated rings. The van der Waals surface area contributed by atoms with Crippen LogP contribution in [0.15, 0.2) is 42.6 Å². The molecule has 0 N–H and O–H groups in total. The lowest BCUT2D eigenvalue weighted by Gasteiger charge is -2.38. The molecular formula is C26H29N3O5. The number of aromatic nitrogens is 1. The molecule has 8 heteroatoms. The molecule has 8 nitrogen and oxygen atoms in total. The van der Waals surface area contributed by atoms with Gasteiger partial charge < -0.3 is 24.0 Å². The third-order valence-corrected chi connectivity index (χ3v) is 6.09. The van der Waals surface area contributed by atoms with Crippen molar-refractivity contribution in [3.8, 4) is 11.5 Å². The number of hydrogen-bond donors (Lipinski definition) is 0. The maximum Gasteiger partial charge on any atom is 0.341 e. The number of anilines is 2. The van der Waals surface area contributed by atoms with Crippen LogP contribution in [0.2, 0.25) is 0 Å². The summed E-state index contributed by atoms with van der Waals surface area (Å²) in [5.74, 6) is 0.860. The fraction of sp³-hybridized carbons (Fsp3) is 0.346. The monoisotopic (exact) mass is 463 g/mol. The Bertz CT molecular complexity index is 1200. The molecule has 178 valence electrons. The van der Waals surface area contributed by atoms with E-state index in [4.69, 9.17) is 14.2 Å². The zero-order chi connectivity index (χ0) is 24.2. The molecule has 1 aliphatic heterocycles. The molecule has 1 saturated heterocycles. The molecule has 0 unspecified atom stereocenters. The largest absolute Gasteiger partial charge is 0.496 e. The average molecular weight is 464 g/mol. The summed E-state index contributed by atoms with van der Waals surface area (Å²) in [6, 6.07) is 11.3. The summed E-state index contributed by atoms with van der Waals surface area (Å²) in [4.78, 5) is 33.5. The number of ether oxygens (including phenoxy) is 3. The van der Waals surface area contributed by atoms with Crippen molar-refractivity contribution >= 4 is 34.0 Å². The molecule has 4 rings (SSSR count). The molecule has 0 spiro atoms. The summed E-state index contributed by atoms with van der Waals surface area (Å²) in [5.41, 5.74) is 3.54. The van der Waals surface area contributed by atoms with E-state index in [0.717, 1.165) is 29.9 Å². The second-order valence-electron chi connectivity index (χ2n) is 8.01. The molecule has 2 aromatic carbocycles. The minimum Gasteiger partial charge on any atom is -0.496 e. The van der Waals surface area contributed by atoms with E-state index in [0.29, 0.717) is 41.2 Å². The van der Waals surface area contributed by atoms with E-state index in [1.54, 1.807) is 34.3 Å². The summed E-state index contributed by atoms with van der Waals surface area (Å²) >= 11 is 0. The molecule has 2 heterocycles. The number of rotatable bonds is 7. The van der Waals surface area contributed by atoms with Gasteiger partial charge in [0.05, 0.1) is 31.9 Å². The number of hydrogen-bond acceptors (Lipinski definition) is 8. The zero-order valence-corrected chi connectivity index (χ0v) is 20.0. The highest BCUT2D eigenvalue weighted by Crippen LogP contribution is 2.41. The molecule has 0 saturated carbocycles. The highest BCUT2D eigenvalue weighted by Gasteiger charge is 2.28. The summed E-state index contributed by atoms with van der Waals surface area (Å²) in [7, 11) is 3.20. The Hall–Kier alpha value is -3.81. The van der Waals surface area contributed by atoms with Crippen molar-refractivity contribution in [2.75, 3.05) is 56.8 Å². The number of pyridine rings is 1. The van der Waals surface area contributed by atoms with Crippen molar-refractivity contribution in [1.82, 2.24) is 4.98 Å². The molecule has 0 aliphatic carbocycles. The first-order valence-electron chi connectivity index (χ1n) is 11.3. The molecule has 34 heavy (non-hydrogen) atoms. The van der Waals surface area contributed by atoms with Crippen molar-refractivity contribution in [2.45, 2.75) is 13.8 Å². The van der Waals surface area contributed by atoms with E-state index in [9.17, 15) is 9.59 Å². The maximum absolute atomic E-state index is 12.9. The topological polar surface area (TPSA) is 81.2 Å². The van der Waals surface area contributed by atoms with Crippen LogP contribution in [0.3, 0.4) is 0 Å². The van der Waals surface area contributed by atoms with Gasteiger partial charge in [-0.2, -0.15) is 0 Å². The van der Waals surface area contributed by atoms with E-state index >= 15 is 0 Å². The van der Waals surface area contributed by atoms with Crippen LogP contribution >= 0.6 is 0 Å². The van der Waals surface area contributed by atoms with Gasteiger partial charge in [0.25, 0.3) is 0 Å². The quantitative estimate of drug-likeness (QED) is 0.385. The van der Waals surface area contributed by atoms with Crippen molar-refractivity contribution in [3.05, 3.63) is 53.7 Å². The first-order valence-corrected chi connectivity index (χ1v) is 11.3. The first kappa shape index (κ1) is 23.4. The predicted octanol–water partition coefficient (Wildman–Crippen LogP) is 3.96. The lowest BCUT2D eigenvalue weighted by Crippen LogP contribution is -2.47. The van der Waals surface area contributed by atoms with Gasteiger partial charge in [0.1, 0.15) is 22.6 Å². The number of carbonyl (C=O) groups is 2. The third kappa shape index (κ3) is 4.35. The van der Waals surface area contributed by atoms with Gasteiger partial charge in [0.2, 0.25) is 0 Å². The highest BCUT2D eigenvalue weighted by molar-refractivity contribution is 6.09. The normalized spacial score (nSPS) is 13.6. The van der Waals surface area contributed by atoms with Crippen LogP contribution in [0, 0.1) is 0 Å². The Morgan fingerprint density at radius 3 is 2.12 bits per heavy atom. The van der Waals surface area contributed by atoms with Crippen molar-refractivity contribution in [2.24, 2.45) is 0 Å². The van der Waals surface area contributed by atoms with Crippen LogP contribution in [0.5, 0.6) is 11.5 Å². The van der Waals surface area contributed by atoms with Gasteiger partial charge in [-0.15, -0.1) is 0 Å². The second-order valence-corrected chi connectivity index (χ2v) is 8.01. The van der Waals surface area contributed by atoms with Gasteiger partial charge in [-0.25, -0.2) is 4.79 Å². The average Bonchev–Trinajstić information content (AvgIpc) is 2.87. The van der Waals surface area contributed by atoms with Crippen LogP contribution in [-0.4, -0.2) is 63.7 Å². The number of carbonyl (C=O) groups excluding carboxylic acids is 2. The fourth-order valence-corrected chi connectivity index (χ4v) is 4.35. The number of benzene rings is 2. The van der Waals surface area contributed by atoms with Gasteiger partial charge in [-0.3, -0.25) is 9.78 Å². The molecular weight excluding hydrogens is 434 g/mol. The Labute approximate surface area is 199 Å². The van der Waals surface area contributed by atoms with Gasteiger partial charge in [0, 0.05) is 43.6 Å². The highest BCUT2D eigenvalue weighted by atomic mass is 16.5. The van der Waals surface area contributed by atoms with E-state index in [1.807, 2.05) is 36.4 Å². The molecule has 1 aromatic heterocycles.